The molecule has 30 heavy (non-hydrogen) atoms. The number of H-pyrrole nitrogens is 1. The molecule has 4 rings (SSSR count). The Morgan fingerprint density at radius 1 is 0.800 bits per heavy atom. The van der Waals surface area contributed by atoms with Crippen LogP contribution in [0.4, 0.5) is 0 Å². The third-order valence-corrected chi connectivity index (χ3v) is 4.57. The minimum atomic E-state index is -0.764. The number of aromatic nitrogens is 2. The smallest absolute Gasteiger partial charge is 0.349 e. The molecule has 0 aliphatic rings. The molecule has 0 unspecified atom stereocenters. The summed E-state index contributed by atoms with van der Waals surface area (Å²) in [5.74, 6) is 0.171. The molecule has 1 aromatic heterocycles. The Kier molecular flexibility index (Phi) is 5.39. The summed E-state index contributed by atoms with van der Waals surface area (Å²) in [4.78, 5) is 25.8. The molecule has 148 valence electrons. The number of aromatic amines is 1. The van der Waals surface area contributed by atoms with Crippen molar-refractivity contribution in [2.45, 2.75) is 0 Å². The van der Waals surface area contributed by atoms with Crippen LogP contribution in [-0.4, -0.2) is 23.3 Å². The van der Waals surface area contributed by atoms with E-state index >= 15 is 0 Å². The van der Waals surface area contributed by atoms with Gasteiger partial charge in [-0.2, -0.15) is 5.10 Å². The fourth-order valence-corrected chi connectivity index (χ4v) is 3.14. The molecule has 1 N–H and O–H groups in total. The molecule has 4 aromatic rings. The van der Waals surface area contributed by atoms with Crippen LogP contribution >= 0.6 is 0 Å². The highest BCUT2D eigenvalue weighted by atomic mass is 16.5. The molecule has 3 aromatic carbocycles. The molecule has 0 bridgehead atoms. The molecule has 6 heteroatoms. The van der Waals surface area contributed by atoms with Crippen molar-refractivity contribution >= 4 is 5.97 Å². The maximum absolute atomic E-state index is 13.1. The predicted octanol–water partition coefficient (Wildman–Crippen LogP) is 4.33. The van der Waals surface area contributed by atoms with Gasteiger partial charge in [0.1, 0.15) is 17.1 Å². The van der Waals surface area contributed by atoms with Gasteiger partial charge in [-0.3, -0.25) is 4.79 Å². The summed E-state index contributed by atoms with van der Waals surface area (Å²) in [5, 5.41) is 6.67. The number of nitrogens with zero attached hydrogens (tertiary/aromatic N) is 1. The first-order chi connectivity index (χ1) is 14.7. The summed E-state index contributed by atoms with van der Waals surface area (Å²) in [5.41, 5.74) is 1.65. The number of hydrogen-bond donors (Lipinski definition) is 1. The summed E-state index contributed by atoms with van der Waals surface area (Å²) in [6.07, 6.45) is 0. The Bertz CT molecular complexity index is 1220. The second-order valence-corrected chi connectivity index (χ2v) is 6.45. The van der Waals surface area contributed by atoms with E-state index in [1.165, 1.54) is 0 Å². The van der Waals surface area contributed by atoms with E-state index in [0.717, 1.165) is 5.56 Å². The molecule has 0 aliphatic heterocycles. The number of benzene rings is 3. The molecule has 0 aliphatic carbocycles. The van der Waals surface area contributed by atoms with Crippen molar-refractivity contribution in [2.75, 3.05) is 7.11 Å². The average molecular weight is 398 g/mol. The van der Waals surface area contributed by atoms with Crippen LogP contribution in [-0.2, 0) is 0 Å². The van der Waals surface area contributed by atoms with Gasteiger partial charge >= 0.3 is 5.97 Å². The Balaban J connectivity index is 1.85. The van der Waals surface area contributed by atoms with Crippen LogP contribution < -0.4 is 15.0 Å². The highest BCUT2D eigenvalue weighted by Crippen LogP contribution is 2.32. The number of esters is 1. The fraction of sp³-hybridized carbons (Fsp3) is 0.0417. The van der Waals surface area contributed by atoms with Gasteiger partial charge in [0.15, 0.2) is 0 Å². The van der Waals surface area contributed by atoms with Crippen molar-refractivity contribution in [1.82, 2.24) is 10.2 Å². The van der Waals surface area contributed by atoms with E-state index in [-0.39, 0.29) is 5.56 Å². The van der Waals surface area contributed by atoms with Crippen LogP contribution in [0.15, 0.2) is 89.7 Å². The Labute approximate surface area is 172 Å². The fourth-order valence-electron chi connectivity index (χ4n) is 3.14. The highest BCUT2D eigenvalue weighted by Gasteiger charge is 2.24. The average Bonchev–Trinajstić information content (AvgIpc) is 2.80. The van der Waals surface area contributed by atoms with Crippen molar-refractivity contribution in [2.24, 2.45) is 0 Å². The first-order valence-corrected chi connectivity index (χ1v) is 9.27. The molecule has 6 nitrogen and oxygen atoms in total. The van der Waals surface area contributed by atoms with E-state index in [1.807, 2.05) is 60.7 Å². The van der Waals surface area contributed by atoms with Gasteiger partial charge < -0.3 is 9.47 Å². The second-order valence-electron chi connectivity index (χ2n) is 6.45. The van der Waals surface area contributed by atoms with Gasteiger partial charge in [0.25, 0.3) is 5.56 Å². The number of nitrogens with one attached hydrogen (secondary N) is 1. The normalized spacial score (nSPS) is 10.4. The van der Waals surface area contributed by atoms with Crippen molar-refractivity contribution in [3.05, 3.63) is 101 Å². The first kappa shape index (κ1) is 19.1. The van der Waals surface area contributed by atoms with Gasteiger partial charge in [-0.25, -0.2) is 9.89 Å². The summed E-state index contributed by atoms with van der Waals surface area (Å²) < 4.78 is 10.6. The number of rotatable bonds is 5. The quantitative estimate of drug-likeness (QED) is 0.400. The Morgan fingerprint density at radius 3 is 1.97 bits per heavy atom. The van der Waals surface area contributed by atoms with Crippen LogP contribution in [0.2, 0.25) is 0 Å². The lowest BCUT2D eigenvalue weighted by Crippen LogP contribution is -2.24. The Morgan fingerprint density at radius 2 is 1.37 bits per heavy atom. The zero-order chi connectivity index (χ0) is 20.9. The predicted molar refractivity (Wildman–Crippen MR) is 114 cm³/mol. The number of carbonyl (C=O) groups excluding carboxylic acids is 1. The number of ether oxygens (including phenoxy) is 2. The largest absolute Gasteiger partial charge is 0.497 e. The topological polar surface area (TPSA) is 81.3 Å². The SMILES string of the molecule is COc1ccc(OC(=O)c2c(-c3ccccc3)c(-c3ccccc3)n[nH]c2=O)cc1. The molecule has 0 amide bonds. The maximum Gasteiger partial charge on any atom is 0.349 e. The van der Waals surface area contributed by atoms with E-state index in [4.69, 9.17) is 9.47 Å². The van der Waals surface area contributed by atoms with Crippen LogP contribution in [0.3, 0.4) is 0 Å². The molecule has 0 radical (unpaired) electrons. The van der Waals surface area contributed by atoms with Crippen molar-refractivity contribution in [3.8, 4) is 33.9 Å². The van der Waals surface area contributed by atoms with Gasteiger partial charge in [0, 0.05) is 11.1 Å². The van der Waals surface area contributed by atoms with Gasteiger partial charge in [0.2, 0.25) is 0 Å². The first-order valence-electron chi connectivity index (χ1n) is 9.27. The summed E-state index contributed by atoms with van der Waals surface area (Å²) >= 11 is 0. The van der Waals surface area contributed by atoms with E-state index in [1.54, 1.807) is 31.4 Å². The van der Waals surface area contributed by atoms with Crippen molar-refractivity contribution < 1.29 is 14.3 Å². The minimum Gasteiger partial charge on any atom is -0.497 e. The van der Waals surface area contributed by atoms with E-state index < -0.39 is 11.5 Å². The molecule has 0 spiro atoms. The Hall–Kier alpha value is -4.19. The van der Waals surface area contributed by atoms with Gasteiger partial charge in [-0.15, -0.1) is 0 Å². The lowest BCUT2D eigenvalue weighted by atomic mass is 9.95. The standard InChI is InChI=1S/C24H18N2O4/c1-29-18-12-14-19(15-13-18)30-24(28)21-20(16-8-4-2-5-9-16)22(25-26-23(21)27)17-10-6-3-7-11-17/h2-15H,1H3,(H,26,27). The molecule has 0 saturated heterocycles. The number of carbonyl (C=O) groups is 1. The van der Waals surface area contributed by atoms with E-state index in [2.05, 4.69) is 10.2 Å². The zero-order valence-corrected chi connectivity index (χ0v) is 16.2. The second kappa shape index (κ2) is 8.45. The van der Waals surface area contributed by atoms with Gasteiger partial charge in [-0.1, -0.05) is 60.7 Å². The lowest BCUT2D eigenvalue weighted by molar-refractivity contribution is 0.0733. The summed E-state index contributed by atoms with van der Waals surface area (Å²) in [6, 6.07) is 25.1. The molecular weight excluding hydrogens is 380 g/mol. The van der Waals surface area contributed by atoms with Crippen molar-refractivity contribution in [1.29, 1.82) is 0 Å². The molecule has 0 atom stereocenters. The summed E-state index contributed by atoms with van der Waals surface area (Å²) in [6.45, 7) is 0. The molecule has 0 saturated carbocycles. The third kappa shape index (κ3) is 3.84. The number of methoxy groups -OCH3 is 1. The van der Waals surface area contributed by atoms with Gasteiger partial charge in [0.05, 0.1) is 12.8 Å². The lowest BCUT2D eigenvalue weighted by Gasteiger charge is -2.13. The molecular formula is C24H18N2O4. The van der Waals surface area contributed by atoms with Crippen LogP contribution in [0.25, 0.3) is 22.4 Å². The molecule has 0 fully saturated rings. The van der Waals surface area contributed by atoms with Crippen LogP contribution in [0, 0.1) is 0 Å². The maximum atomic E-state index is 13.1. The highest BCUT2D eigenvalue weighted by molar-refractivity contribution is 6.01. The minimum absolute atomic E-state index is 0.106. The summed E-state index contributed by atoms with van der Waals surface area (Å²) in [7, 11) is 1.55. The van der Waals surface area contributed by atoms with Crippen molar-refractivity contribution in [3.63, 3.8) is 0 Å². The monoisotopic (exact) mass is 398 g/mol. The zero-order valence-electron chi connectivity index (χ0n) is 16.2. The van der Waals surface area contributed by atoms with Crippen LogP contribution in [0.5, 0.6) is 11.5 Å². The third-order valence-electron chi connectivity index (χ3n) is 4.57. The van der Waals surface area contributed by atoms with E-state index in [0.29, 0.717) is 28.3 Å². The van der Waals surface area contributed by atoms with Crippen LogP contribution in [0.1, 0.15) is 10.4 Å². The van der Waals surface area contributed by atoms with Gasteiger partial charge in [-0.05, 0) is 29.8 Å². The number of hydrogen-bond acceptors (Lipinski definition) is 5. The molecule has 1 heterocycles. The van der Waals surface area contributed by atoms with E-state index in [9.17, 15) is 9.59 Å².